The molecule has 1 saturated heterocycles. The molecule has 1 aliphatic heterocycles. The number of alkyl halides is 3. The van der Waals surface area contributed by atoms with Crippen LogP contribution in [0.1, 0.15) is 15.9 Å². The first-order chi connectivity index (χ1) is 15.2. The Morgan fingerprint density at radius 2 is 1.94 bits per heavy atom. The molecule has 0 bridgehead atoms. The molecule has 4 rings (SSSR count). The highest BCUT2D eigenvalue weighted by molar-refractivity contribution is 5.95. The first-order valence-electron chi connectivity index (χ1n) is 9.53. The van der Waals surface area contributed by atoms with E-state index in [9.17, 15) is 27.9 Å². The summed E-state index contributed by atoms with van der Waals surface area (Å²) in [7, 11) is 0. The number of hydrogen-bond acceptors (Lipinski definition) is 6. The maximum Gasteiger partial charge on any atom is 0.416 e. The van der Waals surface area contributed by atoms with Gasteiger partial charge >= 0.3 is 6.18 Å². The number of aliphatic hydroxyl groups is 1. The van der Waals surface area contributed by atoms with Gasteiger partial charge in [0.25, 0.3) is 11.5 Å². The third-order valence-corrected chi connectivity index (χ3v) is 4.92. The standard InChI is InChI=1S/C21H17F3N4O4/c22-21(23,24)13-5-3-12(4-6-13)16-8-15(19(30)26-17-10-32-11-18(17)29)20(31)28(27-16)14-2-1-7-25-9-14/h1-9,17-18,29H,10-11H2,(H,26,30)/t17-,18+/m1/s1. The van der Waals surface area contributed by atoms with E-state index < -0.39 is 35.4 Å². The number of nitrogens with zero attached hydrogens (tertiary/aromatic N) is 3. The number of benzene rings is 1. The Hall–Kier alpha value is -3.57. The van der Waals surface area contributed by atoms with Crippen molar-refractivity contribution < 1.29 is 27.8 Å². The van der Waals surface area contributed by atoms with Gasteiger partial charge in [-0.25, -0.2) is 0 Å². The van der Waals surface area contributed by atoms with Crippen molar-refractivity contribution in [3.8, 4) is 16.9 Å². The molecule has 1 aromatic carbocycles. The zero-order chi connectivity index (χ0) is 22.9. The summed E-state index contributed by atoms with van der Waals surface area (Å²) in [5.74, 6) is -0.766. The summed E-state index contributed by atoms with van der Waals surface area (Å²) >= 11 is 0. The molecule has 0 unspecified atom stereocenters. The molecule has 2 N–H and O–H groups in total. The second kappa shape index (κ2) is 8.52. The molecule has 11 heteroatoms. The third kappa shape index (κ3) is 4.39. The fourth-order valence-electron chi connectivity index (χ4n) is 3.21. The summed E-state index contributed by atoms with van der Waals surface area (Å²) < 4.78 is 44.8. The highest BCUT2D eigenvalue weighted by atomic mass is 19.4. The molecule has 1 aliphatic rings. The highest BCUT2D eigenvalue weighted by Crippen LogP contribution is 2.30. The smallest absolute Gasteiger partial charge is 0.388 e. The number of amides is 1. The van der Waals surface area contributed by atoms with Crippen LogP contribution in [0.15, 0.2) is 59.7 Å². The van der Waals surface area contributed by atoms with Crippen LogP contribution in [0.3, 0.4) is 0 Å². The van der Waals surface area contributed by atoms with Crippen molar-refractivity contribution in [3.63, 3.8) is 0 Å². The van der Waals surface area contributed by atoms with Gasteiger partial charge in [0.15, 0.2) is 0 Å². The van der Waals surface area contributed by atoms with Crippen LogP contribution in [-0.4, -0.2) is 51.1 Å². The maximum atomic E-state index is 13.0. The molecule has 32 heavy (non-hydrogen) atoms. The van der Waals surface area contributed by atoms with Gasteiger partial charge in [0, 0.05) is 11.8 Å². The minimum Gasteiger partial charge on any atom is -0.388 e. The minimum absolute atomic E-state index is 0.0536. The van der Waals surface area contributed by atoms with E-state index in [0.717, 1.165) is 16.8 Å². The number of rotatable bonds is 4. The second-order valence-electron chi connectivity index (χ2n) is 7.13. The maximum absolute atomic E-state index is 13.0. The van der Waals surface area contributed by atoms with Gasteiger partial charge in [-0.15, -0.1) is 0 Å². The fourth-order valence-corrected chi connectivity index (χ4v) is 3.21. The van der Waals surface area contributed by atoms with Gasteiger partial charge in [-0.3, -0.25) is 14.6 Å². The van der Waals surface area contributed by atoms with Crippen LogP contribution >= 0.6 is 0 Å². The number of hydrogen-bond donors (Lipinski definition) is 2. The molecule has 1 fully saturated rings. The molecule has 0 spiro atoms. The molecule has 3 aromatic rings. The van der Waals surface area contributed by atoms with Gasteiger partial charge < -0.3 is 15.2 Å². The molecular weight excluding hydrogens is 429 g/mol. The lowest BCUT2D eigenvalue weighted by Gasteiger charge is -2.16. The molecule has 0 saturated carbocycles. The van der Waals surface area contributed by atoms with Gasteiger partial charge in [-0.05, 0) is 30.3 Å². The highest BCUT2D eigenvalue weighted by Gasteiger charge is 2.31. The summed E-state index contributed by atoms with van der Waals surface area (Å²) in [4.78, 5) is 29.8. The summed E-state index contributed by atoms with van der Waals surface area (Å²) in [6, 6.07) is 7.82. The Balaban J connectivity index is 1.79. The molecule has 1 amide bonds. The van der Waals surface area contributed by atoms with Crippen LogP contribution in [0.4, 0.5) is 13.2 Å². The van der Waals surface area contributed by atoms with E-state index in [-0.39, 0.29) is 35.7 Å². The summed E-state index contributed by atoms with van der Waals surface area (Å²) in [5.41, 5.74) is -1.23. The lowest BCUT2D eigenvalue weighted by atomic mass is 10.1. The molecule has 3 heterocycles. The van der Waals surface area contributed by atoms with Crippen molar-refractivity contribution in [2.75, 3.05) is 13.2 Å². The number of ether oxygens (including phenoxy) is 1. The van der Waals surface area contributed by atoms with Crippen LogP contribution in [-0.2, 0) is 10.9 Å². The van der Waals surface area contributed by atoms with E-state index in [1.807, 2.05) is 0 Å². The minimum atomic E-state index is -4.50. The summed E-state index contributed by atoms with van der Waals surface area (Å²) in [5, 5.41) is 16.7. The monoisotopic (exact) mass is 446 g/mol. The zero-order valence-electron chi connectivity index (χ0n) is 16.4. The Kier molecular flexibility index (Phi) is 5.76. The fraction of sp³-hybridized carbons (Fsp3) is 0.238. The summed E-state index contributed by atoms with van der Waals surface area (Å²) in [6.07, 6.45) is -2.57. The molecule has 166 valence electrons. The first-order valence-corrected chi connectivity index (χ1v) is 9.53. The molecule has 2 atom stereocenters. The van der Waals surface area contributed by atoms with E-state index in [0.29, 0.717) is 0 Å². The Morgan fingerprint density at radius 1 is 1.19 bits per heavy atom. The quantitative estimate of drug-likeness (QED) is 0.633. The first kappa shape index (κ1) is 21.7. The number of aromatic nitrogens is 3. The average molecular weight is 446 g/mol. The van der Waals surface area contributed by atoms with Crippen LogP contribution < -0.4 is 10.9 Å². The predicted octanol–water partition coefficient (Wildman–Crippen LogP) is 1.80. The van der Waals surface area contributed by atoms with Crippen molar-refractivity contribution in [1.82, 2.24) is 20.1 Å². The lowest BCUT2D eigenvalue weighted by Crippen LogP contribution is -2.44. The van der Waals surface area contributed by atoms with Crippen molar-refractivity contribution in [1.29, 1.82) is 0 Å². The zero-order valence-corrected chi connectivity index (χ0v) is 16.4. The van der Waals surface area contributed by atoms with E-state index in [2.05, 4.69) is 15.4 Å². The van der Waals surface area contributed by atoms with Crippen LogP contribution in [0.25, 0.3) is 16.9 Å². The van der Waals surface area contributed by atoms with E-state index in [1.165, 1.54) is 30.6 Å². The topological polar surface area (TPSA) is 106 Å². The van der Waals surface area contributed by atoms with Gasteiger partial charge in [0.2, 0.25) is 0 Å². The van der Waals surface area contributed by atoms with Crippen LogP contribution in [0.2, 0.25) is 0 Å². The Bertz CT molecular complexity index is 1180. The Morgan fingerprint density at radius 3 is 2.53 bits per heavy atom. The number of pyridine rings is 1. The predicted molar refractivity (Wildman–Crippen MR) is 106 cm³/mol. The van der Waals surface area contributed by atoms with Crippen molar-refractivity contribution in [2.45, 2.75) is 18.3 Å². The summed E-state index contributed by atoms with van der Waals surface area (Å²) in [6.45, 7) is 0.137. The number of aliphatic hydroxyl groups excluding tert-OH is 1. The molecule has 2 aromatic heterocycles. The van der Waals surface area contributed by atoms with E-state index >= 15 is 0 Å². The van der Waals surface area contributed by atoms with E-state index in [1.54, 1.807) is 12.1 Å². The Labute approximate surface area is 179 Å². The van der Waals surface area contributed by atoms with Crippen molar-refractivity contribution in [2.24, 2.45) is 0 Å². The largest absolute Gasteiger partial charge is 0.416 e. The molecular formula is C21H17F3N4O4. The number of carbonyl (C=O) groups excluding carboxylic acids is 1. The molecule has 0 aliphatic carbocycles. The molecule has 0 radical (unpaired) electrons. The van der Waals surface area contributed by atoms with Gasteiger partial charge in [-0.2, -0.15) is 23.0 Å². The van der Waals surface area contributed by atoms with Gasteiger partial charge in [0.1, 0.15) is 5.56 Å². The number of carbonyl (C=O) groups is 1. The van der Waals surface area contributed by atoms with Crippen LogP contribution in [0, 0.1) is 0 Å². The normalized spacial score (nSPS) is 18.5. The number of nitrogens with one attached hydrogen (secondary N) is 1. The van der Waals surface area contributed by atoms with Crippen LogP contribution in [0.5, 0.6) is 0 Å². The van der Waals surface area contributed by atoms with Gasteiger partial charge in [-0.1, -0.05) is 12.1 Å². The second-order valence-corrected chi connectivity index (χ2v) is 7.13. The average Bonchev–Trinajstić information content (AvgIpc) is 3.18. The SMILES string of the molecule is O=C(N[C@@H]1COC[C@@H]1O)c1cc(-c2ccc(C(F)(F)F)cc2)nn(-c2cccnc2)c1=O. The van der Waals surface area contributed by atoms with Crippen molar-refractivity contribution in [3.05, 3.63) is 76.3 Å². The lowest BCUT2D eigenvalue weighted by molar-refractivity contribution is -0.137. The van der Waals surface area contributed by atoms with Gasteiger partial charge in [0.05, 0.1) is 48.5 Å². The van der Waals surface area contributed by atoms with Crippen molar-refractivity contribution >= 4 is 5.91 Å². The number of halogens is 3. The third-order valence-electron chi connectivity index (χ3n) is 4.92. The van der Waals surface area contributed by atoms with E-state index in [4.69, 9.17) is 4.74 Å². The molecule has 8 nitrogen and oxygen atoms in total.